The van der Waals surface area contributed by atoms with E-state index in [4.69, 9.17) is 0 Å². The average Bonchev–Trinajstić information content (AvgIpc) is 2.64. The molecule has 0 bridgehead atoms. The zero-order valence-electron chi connectivity index (χ0n) is 15.9. The highest BCUT2D eigenvalue weighted by molar-refractivity contribution is 5.78. The maximum absolute atomic E-state index is 12.4. The Bertz CT molecular complexity index is 619. The zero-order chi connectivity index (χ0) is 18.4. The van der Waals surface area contributed by atoms with Gasteiger partial charge in [-0.2, -0.15) is 0 Å². The fraction of sp³-hybridized carbons (Fsp3) is 0.619. The van der Waals surface area contributed by atoms with Gasteiger partial charge in [0.15, 0.2) is 0 Å². The van der Waals surface area contributed by atoms with Crippen LogP contribution in [0.1, 0.15) is 38.2 Å². The van der Waals surface area contributed by atoms with Crippen LogP contribution in [0.5, 0.6) is 0 Å². The summed E-state index contributed by atoms with van der Waals surface area (Å²) in [5.74, 6) is 0.393. The average molecular weight is 357 g/mol. The molecule has 0 aliphatic carbocycles. The Morgan fingerprint density at radius 2 is 2.00 bits per heavy atom. The molecule has 0 radical (unpaired) electrons. The minimum absolute atomic E-state index is 0.109. The number of carbonyl (C=O) groups excluding carboxylic acids is 2. The van der Waals surface area contributed by atoms with E-state index in [1.807, 2.05) is 13.0 Å². The van der Waals surface area contributed by atoms with Gasteiger partial charge in [0.25, 0.3) is 0 Å². The highest BCUT2D eigenvalue weighted by Crippen LogP contribution is 2.38. The van der Waals surface area contributed by atoms with E-state index in [-0.39, 0.29) is 17.2 Å². The fourth-order valence-electron chi connectivity index (χ4n) is 4.45. The van der Waals surface area contributed by atoms with Gasteiger partial charge in [0.05, 0.1) is 6.54 Å². The van der Waals surface area contributed by atoms with Crippen LogP contribution in [0.15, 0.2) is 30.3 Å². The van der Waals surface area contributed by atoms with Crippen molar-refractivity contribution in [2.24, 2.45) is 5.41 Å². The molecule has 2 amide bonds. The molecule has 1 unspecified atom stereocenters. The minimum atomic E-state index is 0.109. The van der Waals surface area contributed by atoms with E-state index in [9.17, 15) is 9.59 Å². The first-order valence-corrected chi connectivity index (χ1v) is 9.91. The van der Waals surface area contributed by atoms with Crippen molar-refractivity contribution in [3.8, 4) is 0 Å². The van der Waals surface area contributed by atoms with Crippen LogP contribution in [0.3, 0.4) is 0 Å². The normalized spacial score (nSPS) is 24.0. The number of benzene rings is 1. The Morgan fingerprint density at radius 1 is 1.19 bits per heavy atom. The van der Waals surface area contributed by atoms with Crippen LogP contribution in [0.4, 0.5) is 0 Å². The van der Waals surface area contributed by atoms with Crippen molar-refractivity contribution in [1.82, 2.24) is 15.1 Å². The Kier molecular flexibility index (Phi) is 6.30. The van der Waals surface area contributed by atoms with Crippen LogP contribution in [0.25, 0.3) is 0 Å². The molecule has 1 aromatic carbocycles. The van der Waals surface area contributed by atoms with Gasteiger partial charge in [-0.1, -0.05) is 30.3 Å². The summed E-state index contributed by atoms with van der Waals surface area (Å²) in [6.07, 6.45) is 4.78. The second-order valence-corrected chi connectivity index (χ2v) is 7.82. The highest BCUT2D eigenvalue weighted by Gasteiger charge is 2.41. The van der Waals surface area contributed by atoms with E-state index in [1.54, 1.807) is 0 Å². The number of hydrogen-bond acceptors (Lipinski definition) is 3. The van der Waals surface area contributed by atoms with Crippen LogP contribution in [0.2, 0.25) is 0 Å². The van der Waals surface area contributed by atoms with Gasteiger partial charge in [-0.25, -0.2) is 0 Å². The number of rotatable bonds is 6. The Balaban J connectivity index is 1.58. The van der Waals surface area contributed by atoms with E-state index in [0.29, 0.717) is 19.5 Å². The van der Waals surface area contributed by atoms with Gasteiger partial charge in [0.2, 0.25) is 11.8 Å². The Morgan fingerprint density at radius 3 is 2.77 bits per heavy atom. The van der Waals surface area contributed by atoms with Gasteiger partial charge < -0.3 is 10.2 Å². The van der Waals surface area contributed by atoms with E-state index in [2.05, 4.69) is 39.4 Å². The number of hydrogen-bond donors (Lipinski definition) is 1. The van der Waals surface area contributed by atoms with E-state index < -0.39 is 0 Å². The molecule has 26 heavy (non-hydrogen) atoms. The van der Waals surface area contributed by atoms with Crippen LogP contribution in [-0.4, -0.2) is 60.9 Å². The predicted octanol–water partition coefficient (Wildman–Crippen LogP) is 2.07. The quantitative estimate of drug-likeness (QED) is 0.848. The second kappa shape index (κ2) is 8.67. The van der Waals surface area contributed by atoms with Crippen molar-refractivity contribution in [3.63, 3.8) is 0 Å². The SMILES string of the molecule is CCNC(=O)CN1CCCC2(CCC(=O)N(CCc3ccccc3)C2)C1. The summed E-state index contributed by atoms with van der Waals surface area (Å²) >= 11 is 0. The van der Waals surface area contributed by atoms with Crippen molar-refractivity contribution in [2.75, 3.05) is 39.3 Å². The Labute approximate surface area is 156 Å². The van der Waals surface area contributed by atoms with Crippen molar-refractivity contribution >= 4 is 11.8 Å². The van der Waals surface area contributed by atoms with E-state index in [0.717, 1.165) is 51.9 Å². The summed E-state index contributed by atoms with van der Waals surface area (Å²) in [6, 6.07) is 10.4. The molecular weight excluding hydrogens is 326 g/mol. The van der Waals surface area contributed by atoms with Gasteiger partial charge in [-0.3, -0.25) is 14.5 Å². The molecule has 0 aromatic heterocycles. The van der Waals surface area contributed by atoms with Gasteiger partial charge >= 0.3 is 0 Å². The van der Waals surface area contributed by atoms with Crippen molar-refractivity contribution < 1.29 is 9.59 Å². The lowest BCUT2D eigenvalue weighted by Gasteiger charge is -2.48. The molecule has 1 atom stereocenters. The fourth-order valence-corrected chi connectivity index (χ4v) is 4.45. The first kappa shape index (κ1) is 18.9. The van der Waals surface area contributed by atoms with Crippen molar-refractivity contribution in [2.45, 2.75) is 39.0 Å². The number of piperidine rings is 2. The largest absolute Gasteiger partial charge is 0.355 e. The van der Waals surface area contributed by atoms with Gasteiger partial charge in [0.1, 0.15) is 0 Å². The van der Waals surface area contributed by atoms with Crippen LogP contribution in [-0.2, 0) is 16.0 Å². The standard InChI is InChI=1S/C21H31N3O2/c1-2-22-19(25)15-23-13-6-11-21(16-23)12-9-20(26)24(17-21)14-10-18-7-4-3-5-8-18/h3-5,7-8H,2,6,9-17H2,1H3,(H,22,25). The number of likely N-dealkylation sites (N-methyl/N-ethyl adjacent to an activating group) is 1. The van der Waals surface area contributed by atoms with Gasteiger partial charge in [-0.15, -0.1) is 0 Å². The smallest absolute Gasteiger partial charge is 0.234 e. The van der Waals surface area contributed by atoms with Gasteiger partial charge in [0, 0.05) is 38.0 Å². The lowest BCUT2D eigenvalue weighted by Crippen LogP contribution is -2.55. The first-order chi connectivity index (χ1) is 12.6. The topological polar surface area (TPSA) is 52.7 Å². The number of likely N-dealkylation sites (tertiary alicyclic amines) is 2. The first-order valence-electron chi connectivity index (χ1n) is 9.91. The summed E-state index contributed by atoms with van der Waals surface area (Å²) < 4.78 is 0. The summed E-state index contributed by atoms with van der Waals surface area (Å²) in [4.78, 5) is 28.7. The molecule has 3 rings (SSSR count). The molecule has 1 N–H and O–H groups in total. The molecule has 5 heteroatoms. The maximum atomic E-state index is 12.4. The zero-order valence-corrected chi connectivity index (χ0v) is 15.9. The third-order valence-corrected chi connectivity index (χ3v) is 5.74. The maximum Gasteiger partial charge on any atom is 0.234 e. The summed E-state index contributed by atoms with van der Waals surface area (Å²) in [5.41, 5.74) is 1.44. The van der Waals surface area contributed by atoms with Crippen LogP contribution >= 0.6 is 0 Å². The molecule has 2 fully saturated rings. The second-order valence-electron chi connectivity index (χ2n) is 7.82. The Hall–Kier alpha value is -1.88. The minimum Gasteiger partial charge on any atom is -0.355 e. The van der Waals surface area contributed by atoms with E-state index in [1.165, 1.54) is 5.56 Å². The number of nitrogens with zero attached hydrogens (tertiary/aromatic N) is 2. The predicted molar refractivity (Wildman–Crippen MR) is 103 cm³/mol. The highest BCUT2D eigenvalue weighted by atomic mass is 16.2. The molecule has 1 spiro atoms. The molecule has 0 saturated carbocycles. The summed E-state index contributed by atoms with van der Waals surface area (Å²) in [7, 11) is 0. The van der Waals surface area contributed by atoms with Crippen LogP contribution in [0, 0.1) is 5.41 Å². The van der Waals surface area contributed by atoms with Crippen LogP contribution < -0.4 is 5.32 Å². The monoisotopic (exact) mass is 357 g/mol. The van der Waals surface area contributed by atoms with E-state index >= 15 is 0 Å². The summed E-state index contributed by atoms with van der Waals surface area (Å²) in [5, 5.41) is 2.89. The number of amides is 2. The molecule has 2 heterocycles. The molecule has 5 nitrogen and oxygen atoms in total. The molecular formula is C21H31N3O2. The van der Waals surface area contributed by atoms with Gasteiger partial charge in [-0.05, 0) is 44.7 Å². The third-order valence-electron chi connectivity index (χ3n) is 5.74. The molecule has 2 saturated heterocycles. The summed E-state index contributed by atoms with van der Waals surface area (Å²) in [6.45, 7) is 6.65. The molecule has 1 aromatic rings. The third kappa shape index (κ3) is 4.85. The molecule has 2 aliphatic rings. The van der Waals surface area contributed by atoms with Crippen molar-refractivity contribution in [3.05, 3.63) is 35.9 Å². The lowest BCUT2D eigenvalue weighted by molar-refractivity contribution is -0.140. The lowest BCUT2D eigenvalue weighted by atomic mass is 9.73. The molecule has 2 aliphatic heterocycles. The number of carbonyl (C=O) groups is 2. The number of nitrogens with one attached hydrogen (secondary N) is 1. The van der Waals surface area contributed by atoms with Crippen molar-refractivity contribution in [1.29, 1.82) is 0 Å². The molecule has 142 valence electrons.